The number of hydrogen-bond acceptors (Lipinski definition) is 6. The van der Waals surface area contributed by atoms with Crippen molar-refractivity contribution in [1.82, 2.24) is 4.90 Å². The SMILES string of the molecule is CN(C)C(O)(O)C(Br)(CO)[N+](=O)[O-]. The van der Waals surface area contributed by atoms with Crippen LogP contribution in [0.2, 0.25) is 0 Å². The van der Waals surface area contributed by atoms with Crippen molar-refractivity contribution in [2.24, 2.45) is 0 Å². The average molecular weight is 259 g/mol. The number of likely N-dealkylation sites (N-methyl/N-ethyl adjacent to an activating group) is 1. The quantitative estimate of drug-likeness (QED) is 0.187. The molecule has 13 heavy (non-hydrogen) atoms. The molecule has 0 rings (SSSR count). The lowest BCUT2D eigenvalue weighted by Crippen LogP contribution is -2.64. The lowest BCUT2D eigenvalue weighted by Gasteiger charge is -2.34. The number of aliphatic hydroxyl groups excluding tert-OH is 1. The Morgan fingerprint density at radius 3 is 2.00 bits per heavy atom. The number of rotatable bonds is 4. The molecular weight excluding hydrogens is 248 g/mol. The summed E-state index contributed by atoms with van der Waals surface area (Å²) < 4.78 is -2.41. The van der Waals surface area contributed by atoms with Gasteiger partial charge in [0.25, 0.3) is 0 Å². The van der Waals surface area contributed by atoms with Crippen LogP contribution in [0.25, 0.3) is 0 Å². The molecular formula is C5H11BrN2O5. The van der Waals surface area contributed by atoms with Gasteiger partial charge in [-0.1, -0.05) is 0 Å². The predicted molar refractivity (Wildman–Crippen MR) is 46.6 cm³/mol. The van der Waals surface area contributed by atoms with Crippen LogP contribution in [0.4, 0.5) is 0 Å². The zero-order chi connectivity index (χ0) is 10.9. The maximum atomic E-state index is 10.5. The summed E-state index contributed by atoms with van der Waals surface area (Å²) in [5.74, 6) is -2.77. The summed E-state index contributed by atoms with van der Waals surface area (Å²) in [5.41, 5.74) is 0. The molecule has 0 saturated carbocycles. The molecule has 0 radical (unpaired) electrons. The van der Waals surface area contributed by atoms with Gasteiger partial charge in [-0.05, 0) is 14.1 Å². The zero-order valence-electron chi connectivity index (χ0n) is 7.14. The minimum absolute atomic E-state index is 0.806. The van der Waals surface area contributed by atoms with E-state index in [9.17, 15) is 20.3 Å². The summed E-state index contributed by atoms with van der Waals surface area (Å²) in [6.45, 7) is -1.05. The first-order valence-electron chi connectivity index (χ1n) is 3.26. The molecule has 0 spiro atoms. The van der Waals surface area contributed by atoms with Gasteiger partial charge in [-0.25, -0.2) is 0 Å². The van der Waals surface area contributed by atoms with Gasteiger partial charge < -0.3 is 15.3 Å². The molecule has 0 aliphatic heterocycles. The van der Waals surface area contributed by atoms with E-state index >= 15 is 0 Å². The second-order valence-corrected chi connectivity index (χ2v) is 4.02. The van der Waals surface area contributed by atoms with E-state index < -0.39 is 21.9 Å². The fourth-order valence-electron chi connectivity index (χ4n) is 0.629. The number of aliphatic hydroxyl groups is 3. The lowest BCUT2D eigenvalue weighted by molar-refractivity contribution is -0.592. The molecule has 0 aromatic rings. The summed E-state index contributed by atoms with van der Waals surface area (Å²) in [4.78, 5) is 10.3. The number of hydrogen-bond donors (Lipinski definition) is 3. The van der Waals surface area contributed by atoms with Crippen molar-refractivity contribution in [3.05, 3.63) is 10.1 Å². The monoisotopic (exact) mass is 258 g/mol. The Morgan fingerprint density at radius 2 is 1.92 bits per heavy atom. The fourth-order valence-corrected chi connectivity index (χ4v) is 0.984. The molecule has 1 unspecified atom stereocenters. The van der Waals surface area contributed by atoms with E-state index in [0.717, 1.165) is 4.90 Å². The van der Waals surface area contributed by atoms with Gasteiger partial charge in [0, 0.05) is 20.9 Å². The van der Waals surface area contributed by atoms with Crippen molar-refractivity contribution in [3.8, 4) is 0 Å². The first kappa shape index (κ1) is 12.7. The van der Waals surface area contributed by atoms with Gasteiger partial charge in [-0.15, -0.1) is 0 Å². The van der Waals surface area contributed by atoms with Crippen LogP contribution in [0.3, 0.4) is 0 Å². The van der Waals surface area contributed by atoms with Gasteiger partial charge >= 0.3 is 10.4 Å². The van der Waals surface area contributed by atoms with Crippen molar-refractivity contribution in [2.75, 3.05) is 20.7 Å². The van der Waals surface area contributed by atoms with Crippen molar-refractivity contribution >= 4 is 15.9 Å². The molecule has 0 bridgehead atoms. The third-order valence-electron chi connectivity index (χ3n) is 1.64. The topological polar surface area (TPSA) is 107 Å². The molecule has 3 N–H and O–H groups in total. The molecule has 8 heteroatoms. The van der Waals surface area contributed by atoms with Crippen LogP contribution >= 0.6 is 15.9 Å². The smallest absolute Gasteiger partial charge is 0.364 e. The zero-order valence-corrected chi connectivity index (χ0v) is 8.72. The first-order valence-corrected chi connectivity index (χ1v) is 4.06. The first-order chi connectivity index (χ1) is 5.70. The number of halogens is 1. The molecule has 1 atom stereocenters. The van der Waals surface area contributed by atoms with Gasteiger partial charge in [0.05, 0.1) is 0 Å². The standard InChI is InChI=1S/C5H11BrN2O5/c1-7(2)5(10,11)4(6,3-9)8(12)13/h9-11H,3H2,1-2H3. The van der Waals surface area contributed by atoms with Gasteiger partial charge in [0.1, 0.15) is 6.61 Å². The van der Waals surface area contributed by atoms with Crippen molar-refractivity contribution in [3.63, 3.8) is 0 Å². The Morgan fingerprint density at radius 1 is 1.54 bits per heavy atom. The highest BCUT2D eigenvalue weighted by molar-refractivity contribution is 9.10. The molecule has 0 saturated heterocycles. The highest BCUT2D eigenvalue weighted by atomic mass is 79.9. The summed E-state index contributed by atoms with van der Waals surface area (Å²) in [7, 11) is 2.46. The summed E-state index contributed by atoms with van der Waals surface area (Å²) in [5, 5.41) is 37.8. The minimum Gasteiger partial charge on any atom is -0.388 e. The maximum absolute atomic E-state index is 10.5. The number of nitrogens with zero attached hydrogens (tertiary/aromatic N) is 2. The minimum atomic E-state index is -2.77. The lowest BCUT2D eigenvalue weighted by atomic mass is 10.2. The second-order valence-electron chi connectivity index (χ2n) is 2.70. The molecule has 0 aromatic heterocycles. The van der Waals surface area contributed by atoms with Gasteiger partial charge in [0.15, 0.2) is 0 Å². The average Bonchev–Trinajstić information content (AvgIpc) is 2.01. The summed E-state index contributed by atoms with van der Waals surface area (Å²) in [6.07, 6.45) is 0. The molecule has 78 valence electrons. The maximum Gasteiger partial charge on any atom is 0.364 e. The van der Waals surface area contributed by atoms with E-state index in [2.05, 4.69) is 15.9 Å². The molecule has 0 fully saturated rings. The van der Waals surface area contributed by atoms with Gasteiger partial charge in [-0.2, -0.15) is 0 Å². The van der Waals surface area contributed by atoms with E-state index in [1.165, 1.54) is 14.1 Å². The summed E-state index contributed by atoms with van der Waals surface area (Å²) in [6, 6.07) is 0. The molecule has 0 aromatic carbocycles. The highest BCUT2D eigenvalue weighted by Gasteiger charge is 2.60. The Kier molecular flexibility index (Phi) is 3.76. The number of nitro groups is 1. The molecule has 0 aliphatic rings. The second kappa shape index (κ2) is 3.84. The van der Waals surface area contributed by atoms with E-state index in [1.54, 1.807) is 0 Å². The van der Waals surface area contributed by atoms with Gasteiger partial charge in [0.2, 0.25) is 0 Å². The predicted octanol–water partition coefficient (Wildman–Crippen LogP) is -1.45. The van der Waals surface area contributed by atoms with Crippen LogP contribution < -0.4 is 0 Å². The van der Waals surface area contributed by atoms with Crippen molar-refractivity contribution in [2.45, 2.75) is 10.4 Å². The Labute approximate surface area is 82.9 Å². The van der Waals surface area contributed by atoms with Crippen LogP contribution in [0.1, 0.15) is 0 Å². The Bertz CT molecular complexity index is 209. The van der Waals surface area contributed by atoms with Crippen LogP contribution in [0.5, 0.6) is 0 Å². The number of alkyl halides is 1. The molecule has 7 nitrogen and oxygen atoms in total. The largest absolute Gasteiger partial charge is 0.388 e. The third-order valence-corrected chi connectivity index (χ3v) is 2.71. The third kappa shape index (κ3) is 1.97. The van der Waals surface area contributed by atoms with Crippen molar-refractivity contribution < 1.29 is 20.2 Å². The van der Waals surface area contributed by atoms with Crippen LogP contribution in [0, 0.1) is 10.1 Å². The fraction of sp³-hybridized carbons (Fsp3) is 1.00. The van der Waals surface area contributed by atoms with Crippen molar-refractivity contribution in [1.29, 1.82) is 0 Å². The van der Waals surface area contributed by atoms with Crippen LogP contribution in [-0.2, 0) is 0 Å². The normalized spacial score (nSPS) is 17.2. The van der Waals surface area contributed by atoms with E-state index in [0.29, 0.717) is 0 Å². The Hall–Kier alpha value is -0.280. The molecule has 0 heterocycles. The van der Waals surface area contributed by atoms with Crippen LogP contribution in [-0.4, -0.2) is 56.2 Å². The van der Waals surface area contributed by atoms with Crippen LogP contribution in [0.15, 0.2) is 0 Å². The molecule has 0 aliphatic carbocycles. The van der Waals surface area contributed by atoms with E-state index in [-0.39, 0.29) is 0 Å². The van der Waals surface area contributed by atoms with E-state index in [1.807, 2.05) is 0 Å². The van der Waals surface area contributed by atoms with Gasteiger partial charge in [-0.3, -0.25) is 15.0 Å². The van der Waals surface area contributed by atoms with E-state index in [4.69, 9.17) is 5.11 Å². The Balaban J connectivity index is 5.07. The summed E-state index contributed by atoms with van der Waals surface area (Å²) >= 11 is 2.48. The molecule has 0 amide bonds. The highest BCUT2D eigenvalue weighted by Crippen LogP contribution is 2.31.